The van der Waals surface area contributed by atoms with Crippen molar-refractivity contribution in [3.63, 3.8) is 0 Å². The molecule has 2 aliphatic rings. The second kappa shape index (κ2) is 4.21. The van der Waals surface area contributed by atoms with E-state index in [2.05, 4.69) is 16.4 Å². The minimum absolute atomic E-state index is 0.658. The van der Waals surface area contributed by atoms with Gasteiger partial charge in [-0.05, 0) is 50.5 Å². The number of ether oxygens (including phenoxy) is 1. The quantitative estimate of drug-likeness (QED) is 0.847. The number of nitrogens with one attached hydrogen (secondary N) is 1. The van der Waals surface area contributed by atoms with E-state index in [1.807, 2.05) is 13.1 Å². The van der Waals surface area contributed by atoms with E-state index < -0.39 is 0 Å². The van der Waals surface area contributed by atoms with Crippen molar-refractivity contribution in [1.29, 1.82) is 0 Å². The molecule has 3 heteroatoms. The van der Waals surface area contributed by atoms with Gasteiger partial charge in [-0.25, -0.2) is 0 Å². The van der Waals surface area contributed by atoms with Crippen LogP contribution in [0.4, 0.5) is 5.69 Å². The Morgan fingerprint density at radius 2 is 1.94 bits per heavy atom. The summed E-state index contributed by atoms with van der Waals surface area (Å²) in [6.07, 6.45) is 7.37. The minimum atomic E-state index is 0.658. The normalized spacial score (nSPS) is 19.5. The maximum absolute atomic E-state index is 5.38. The smallest absolute Gasteiger partial charge is 0.160 e. The molecule has 92 valence electrons. The van der Waals surface area contributed by atoms with Crippen molar-refractivity contribution in [2.45, 2.75) is 38.6 Å². The number of aromatic nitrogens is 1. The summed E-state index contributed by atoms with van der Waals surface area (Å²) in [6.45, 7) is 2.02. The lowest BCUT2D eigenvalue weighted by molar-refractivity contribution is 0.413. The van der Waals surface area contributed by atoms with Gasteiger partial charge in [-0.3, -0.25) is 4.98 Å². The van der Waals surface area contributed by atoms with Gasteiger partial charge < -0.3 is 10.1 Å². The number of rotatable bonds is 5. The van der Waals surface area contributed by atoms with Crippen LogP contribution in [0.2, 0.25) is 0 Å². The molecule has 0 aliphatic heterocycles. The third-order valence-corrected chi connectivity index (χ3v) is 3.81. The highest BCUT2D eigenvalue weighted by Crippen LogP contribution is 2.46. The third-order valence-electron chi connectivity index (χ3n) is 3.81. The van der Waals surface area contributed by atoms with Gasteiger partial charge in [0, 0.05) is 11.7 Å². The Bertz CT molecular complexity index is 399. The first-order chi connectivity index (χ1) is 8.28. The van der Waals surface area contributed by atoms with Gasteiger partial charge in [0.15, 0.2) is 5.75 Å². The van der Waals surface area contributed by atoms with Crippen LogP contribution in [0.5, 0.6) is 5.75 Å². The van der Waals surface area contributed by atoms with Crippen LogP contribution in [0, 0.1) is 18.8 Å². The van der Waals surface area contributed by atoms with Crippen LogP contribution in [0.3, 0.4) is 0 Å². The van der Waals surface area contributed by atoms with Crippen LogP contribution in [-0.4, -0.2) is 18.1 Å². The van der Waals surface area contributed by atoms with Gasteiger partial charge >= 0.3 is 0 Å². The summed E-state index contributed by atoms with van der Waals surface area (Å²) in [4.78, 5) is 4.27. The van der Waals surface area contributed by atoms with Crippen molar-refractivity contribution in [2.24, 2.45) is 11.8 Å². The predicted octanol–water partition coefficient (Wildman–Crippen LogP) is 3.00. The lowest BCUT2D eigenvalue weighted by Crippen LogP contribution is -2.24. The van der Waals surface area contributed by atoms with E-state index in [4.69, 9.17) is 4.74 Å². The van der Waals surface area contributed by atoms with E-state index in [-0.39, 0.29) is 0 Å². The lowest BCUT2D eigenvalue weighted by Gasteiger charge is -2.20. The molecular formula is C14H20N2O. The number of nitrogens with zero attached hydrogens (tertiary/aromatic N) is 1. The maximum Gasteiger partial charge on any atom is 0.160 e. The number of anilines is 1. The molecule has 0 radical (unpaired) electrons. The molecule has 1 heterocycles. The topological polar surface area (TPSA) is 34.1 Å². The fraction of sp³-hybridized carbons (Fsp3) is 0.643. The molecule has 2 aliphatic carbocycles. The zero-order valence-corrected chi connectivity index (χ0v) is 10.6. The van der Waals surface area contributed by atoms with Gasteiger partial charge in [-0.15, -0.1) is 0 Å². The number of aryl methyl sites for hydroxylation is 1. The van der Waals surface area contributed by atoms with Crippen molar-refractivity contribution in [1.82, 2.24) is 4.98 Å². The van der Waals surface area contributed by atoms with Crippen LogP contribution in [0.25, 0.3) is 0 Å². The average molecular weight is 232 g/mol. The van der Waals surface area contributed by atoms with Gasteiger partial charge in [-0.2, -0.15) is 0 Å². The molecular weight excluding hydrogens is 212 g/mol. The molecule has 0 spiro atoms. The highest BCUT2D eigenvalue weighted by Gasteiger charge is 2.41. The van der Waals surface area contributed by atoms with E-state index in [1.54, 1.807) is 7.11 Å². The standard InChI is InChI=1S/C14H20N2O/c1-9-7-12(13(17-2)8-15-9)16-14(10-3-4-10)11-5-6-11/h7-8,10-11,14H,3-6H2,1-2H3,(H,15,16). The van der Waals surface area contributed by atoms with Crippen LogP contribution >= 0.6 is 0 Å². The highest BCUT2D eigenvalue weighted by atomic mass is 16.5. The second-order valence-corrected chi connectivity index (χ2v) is 5.37. The molecule has 0 atom stereocenters. The van der Waals surface area contributed by atoms with E-state index in [0.717, 1.165) is 29.0 Å². The molecule has 1 aromatic rings. The molecule has 0 amide bonds. The molecule has 3 nitrogen and oxygen atoms in total. The summed E-state index contributed by atoms with van der Waals surface area (Å²) < 4.78 is 5.38. The Kier molecular flexibility index (Phi) is 2.69. The summed E-state index contributed by atoms with van der Waals surface area (Å²) >= 11 is 0. The first-order valence-electron chi connectivity index (χ1n) is 6.55. The molecule has 0 bridgehead atoms. The Hall–Kier alpha value is -1.25. The van der Waals surface area contributed by atoms with Gasteiger partial charge in [-0.1, -0.05) is 0 Å². The Labute approximate surface area is 103 Å². The van der Waals surface area contributed by atoms with Crippen LogP contribution in [0.1, 0.15) is 31.4 Å². The first-order valence-corrected chi connectivity index (χ1v) is 6.55. The number of methoxy groups -OCH3 is 1. The third kappa shape index (κ3) is 2.38. The van der Waals surface area contributed by atoms with E-state index in [1.165, 1.54) is 25.7 Å². The largest absolute Gasteiger partial charge is 0.493 e. The maximum atomic E-state index is 5.38. The summed E-state index contributed by atoms with van der Waals surface area (Å²) in [5.41, 5.74) is 2.16. The summed E-state index contributed by atoms with van der Waals surface area (Å²) in [5.74, 6) is 2.64. The molecule has 0 unspecified atom stereocenters. The SMILES string of the molecule is COc1cnc(C)cc1NC(C1CC1)C1CC1. The summed E-state index contributed by atoms with van der Waals surface area (Å²) in [7, 11) is 1.71. The number of hydrogen-bond donors (Lipinski definition) is 1. The Balaban J connectivity index is 1.79. The van der Waals surface area contributed by atoms with Gasteiger partial charge in [0.2, 0.25) is 0 Å². The van der Waals surface area contributed by atoms with E-state index in [9.17, 15) is 0 Å². The molecule has 2 saturated carbocycles. The number of pyridine rings is 1. The van der Waals surface area contributed by atoms with Gasteiger partial charge in [0.25, 0.3) is 0 Å². The summed E-state index contributed by atoms with van der Waals surface area (Å²) in [5, 5.41) is 3.70. The van der Waals surface area contributed by atoms with Crippen molar-refractivity contribution in [3.05, 3.63) is 18.0 Å². The minimum Gasteiger partial charge on any atom is -0.493 e. The predicted molar refractivity (Wildman–Crippen MR) is 68.4 cm³/mol. The Morgan fingerprint density at radius 3 is 2.47 bits per heavy atom. The van der Waals surface area contributed by atoms with E-state index in [0.29, 0.717) is 6.04 Å². The average Bonchev–Trinajstić information content (AvgIpc) is 3.16. The van der Waals surface area contributed by atoms with Crippen molar-refractivity contribution in [3.8, 4) is 5.75 Å². The van der Waals surface area contributed by atoms with Gasteiger partial charge in [0.1, 0.15) is 0 Å². The highest BCUT2D eigenvalue weighted by molar-refractivity contribution is 5.57. The monoisotopic (exact) mass is 232 g/mol. The van der Waals surface area contributed by atoms with Crippen molar-refractivity contribution >= 4 is 5.69 Å². The molecule has 2 fully saturated rings. The van der Waals surface area contributed by atoms with Crippen molar-refractivity contribution in [2.75, 3.05) is 12.4 Å². The molecule has 0 saturated heterocycles. The zero-order chi connectivity index (χ0) is 11.8. The fourth-order valence-corrected chi connectivity index (χ4v) is 2.53. The Morgan fingerprint density at radius 1 is 1.29 bits per heavy atom. The number of hydrogen-bond acceptors (Lipinski definition) is 3. The van der Waals surface area contributed by atoms with Crippen molar-refractivity contribution < 1.29 is 4.74 Å². The van der Waals surface area contributed by atoms with E-state index >= 15 is 0 Å². The second-order valence-electron chi connectivity index (χ2n) is 5.37. The zero-order valence-electron chi connectivity index (χ0n) is 10.6. The van der Waals surface area contributed by atoms with Crippen LogP contribution < -0.4 is 10.1 Å². The van der Waals surface area contributed by atoms with Crippen LogP contribution in [0.15, 0.2) is 12.3 Å². The lowest BCUT2D eigenvalue weighted by atomic mass is 10.1. The molecule has 1 aromatic heterocycles. The summed E-state index contributed by atoms with van der Waals surface area (Å²) in [6, 6.07) is 2.75. The first kappa shape index (κ1) is 10.9. The van der Waals surface area contributed by atoms with Crippen LogP contribution in [-0.2, 0) is 0 Å². The van der Waals surface area contributed by atoms with Gasteiger partial charge in [0.05, 0.1) is 19.0 Å². The molecule has 0 aromatic carbocycles. The fourth-order valence-electron chi connectivity index (χ4n) is 2.53. The molecule has 17 heavy (non-hydrogen) atoms. The molecule has 1 N–H and O–H groups in total. The molecule has 3 rings (SSSR count).